The first-order chi connectivity index (χ1) is 11.4. The molecule has 0 N–H and O–H groups in total. The summed E-state index contributed by atoms with van der Waals surface area (Å²) >= 11 is 0. The van der Waals surface area contributed by atoms with Crippen LogP contribution in [0, 0.1) is 11.8 Å². The Morgan fingerprint density at radius 1 is 0.760 bits per heavy atom. The Kier molecular flexibility index (Phi) is 8.49. The third-order valence-corrected chi connectivity index (χ3v) is 4.71. The fourth-order valence-corrected chi connectivity index (χ4v) is 2.82. The maximum atomic E-state index is 2.34. The summed E-state index contributed by atoms with van der Waals surface area (Å²) < 4.78 is 0. The third kappa shape index (κ3) is 5.77. The van der Waals surface area contributed by atoms with Gasteiger partial charge in [-0.2, -0.15) is 0 Å². The van der Waals surface area contributed by atoms with E-state index in [2.05, 4.69) is 100 Å². The summed E-state index contributed by atoms with van der Waals surface area (Å²) in [5, 5.41) is 0. The fourth-order valence-electron chi connectivity index (χ4n) is 2.82. The van der Waals surface area contributed by atoms with Crippen molar-refractivity contribution in [3.8, 4) is 0 Å². The Hall–Kier alpha value is -1.49. The zero-order valence-electron chi connectivity index (χ0n) is 17.0. The van der Waals surface area contributed by atoms with Crippen molar-refractivity contribution in [3.63, 3.8) is 0 Å². The first-order valence-electron chi connectivity index (χ1n) is 8.83. The van der Waals surface area contributed by atoms with E-state index in [1.54, 1.807) is 0 Å². The van der Waals surface area contributed by atoms with Crippen LogP contribution in [0.3, 0.4) is 0 Å². The van der Waals surface area contributed by atoms with Gasteiger partial charge < -0.3 is 9.80 Å². The largest absolute Gasteiger partial charge is 1.00 e. The predicted octanol–water partition coefficient (Wildman–Crippen LogP) is 2.23. The maximum Gasteiger partial charge on any atom is 1.00 e. The van der Waals surface area contributed by atoms with Crippen molar-refractivity contribution >= 4 is 11.4 Å². The van der Waals surface area contributed by atoms with E-state index in [4.69, 9.17) is 0 Å². The third-order valence-electron chi connectivity index (χ3n) is 4.71. The molecule has 1 atom stereocenters. The van der Waals surface area contributed by atoms with Crippen LogP contribution in [0.4, 0.5) is 11.4 Å². The van der Waals surface area contributed by atoms with Crippen LogP contribution in [-0.4, -0.2) is 28.2 Å². The minimum absolute atomic E-state index is 0. The molecule has 2 aromatic rings. The van der Waals surface area contributed by atoms with Gasteiger partial charge in [-0.15, -0.1) is 41.3 Å². The van der Waals surface area contributed by atoms with Gasteiger partial charge in [0.25, 0.3) is 0 Å². The Bertz CT molecular complexity index is 566. The smallest absolute Gasteiger partial charge is 0.379 e. The Balaban J connectivity index is 0.00000312. The second-order valence-corrected chi connectivity index (χ2v) is 7.08. The van der Waals surface area contributed by atoms with E-state index >= 15 is 0 Å². The zero-order chi connectivity index (χ0) is 17.7. The molecule has 0 spiro atoms. The minimum atomic E-state index is 0. The maximum absolute atomic E-state index is 2.34. The van der Waals surface area contributed by atoms with Gasteiger partial charge in [0.15, 0.2) is 0 Å². The Morgan fingerprint density at radius 3 is 1.40 bits per heavy atom. The fraction of sp³-hybridized carbons (Fsp3) is 0.409. The number of anilines is 2. The topological polar surface area (TPSA) is 6.48 Å². The average molecular weight is 330 g/mol. The van der Waals surface area contributed by atoms with E-state index in [0.717, 1.165) is 6.42 Å². The number of hydrogen-bond donors (Lipinski definition) is 0. The van der Waals surface area contributed by atoms with Gasteiger partial charge in [0, 0.05) is 39.6 Å². The summed E-state index contributed by atoms with van der Waals surface area (Å²) in [7, 11) is 8.33. The quantitative estimate of drug-likeness (QED) is 0.567. The number of benzene rings is 2. The van der Waals surface area contributed by atoms with Crippen molar-refractivity contribution in [1.29, 1.82) is 0 Å². The molecule has 0 saturated heterocycles. The van der Waals surface area contributed by atoms with Crippen LogP contribution >= 0.6 is 0 Å². The van der Waals surface area contributed by atoms with Crippen LogP contribution in [0.5, 0.6) is 0 Å². The van der Waals surface area contributed by atoms with Crippen molar-refractivity contribution in [2.45, 2.75) is 26.7 Å². The first kappa shape index (κ1) is 21.5. The van der Waals surface area contributed by atoms with Gasteiger partial charge in [0.2, 0.25) is 0 Å². The normalized spacial score (nSPS) is 11.4. The van der Waals surface area contributed by atoms with E-state index in [1.807, 2.05) is 0 Å². The molecule has 0 saturated carbocycles. The molecule has 3 heteroatoms. The van der Waals surface area contributed by atoms with E-state index in [0.29, 0.717) is 5.92 Å². The van der Waals surface area contributed by atoms with Crippen molar-refractivity contribution < 1.29 is 18.9 Å². The summed E-state index contributed by atoms with van der Waals surface area (Å²) in [6.45, 7) is 4.61. The molecule has 130 valence electrons. The summed E-state index contributed by atoms with van der Waals surface area (Å²) in [6, 6.07) is 17.9. The molecule has 25 heavy (non-hydrogen) atoms. The SMILES string of the molecule is CCC(C)C[C-](c1ccc(N(C)C)cc1)c1ccc(N(C)C)cc1.[Li+]. The summed E-state index contributed by atoms with van der Waals surface area (Å²) in [4.78, 5) is 4.29. The molecule has 0 fully saturated rings. The molecule has 2 aromatic carbocycles. The standard InChI is InChI=1S/C22H31N2.Li/c1-7-17(2)16-22(18-8-12-20(13-9-18)23(3)4)19-10-14-21(15-11-19)24(5)6;/h8-15,17H,7,16H2,1-6H3;/q-1;+1. The van der Waals surface area contributed by atoms with Gasteiger partial charge in [-0.1, -0.05) is 51.0 Å². The molecule has 0 radical (unpaired) electrons. The van der Waals surface area contributed by atoms with E-state index in [9.17, 15) is 0 Å². The predicted molar refractivity (Wildman–Crippen MR) is 107 cm³/mol. The second kappa shape index (κ2) is 9.85. The van der Waals surface area contributed by atoms with Crippen molar-refractivity contribution in [2.24, 2.45) is 5.92 Å². The molecule has 0 aliphatic rings. The number of hydrogen-bond acceptors (Lipinski definition) is 2. The average Bonchev–Trinajstić information content (AvgIpc) is 2.59. The van der Waals surface area contributed by atoms with Gasteiger partial charge in [-0.3, -0.25) is 0 Å². The van der Waals surface area contributed by atoms with Crippen molar-refractivity contribution in [3.05, 3.63) is 65.6 Å². The van der Waals surface area contributed by atoms with Gasteiger partial charge >= 0.3 is 18.9 Å². The number of nitrogens with zero attached hydrogens (tertiary/aromatic N) is 2. The van der Waals surface area contributed by atoms with E-state index in [-0.39, 0.29) is 18.9 Å². The van der Waals surface area contributed by atoms with Crippen molar-refractivity contribution in [2.75, 3.05) is 38.0 Å². The van der Waals surface area contributed by atoms with E-state index in [1.165, 1.54) is 34.8 Å². The molecule has 2 nitrogen and oxygen atoms in total. The Labute approximate surface area is 166 Å². The number of rotatable bonds is 7. The van der Waals surface area contributed by atoms with Crippen LogP contribution < -0.4 is 28.7 Å². The van der Waals surface area contributed by atoms with Gasteiger partial charge in [0.1, 0.15) is 0 Å². The molecule has 0 aliphatic carbocycles. The van der Waals surface area contributed by atoms with Crippen LogP contribution in [0.25, 0.3) is 0 Å². The minimum Gasteiger partial charge on any atom is -0.379 e. The molecule has 0 aromatic heterocycles. The first-order valence-corrected chi connectivity index (χ1v) is 8.83. The molecule has 1 unspecified atom stereocenters. The molecule has 0 amide bonds. The second-order valence-electron chi connectivity index (χ2n) is 7.08. The van der Waals surface area contributed by atoms with Crippen LogP contribution in [0.15, 0.2) is 48.5 Å². The van der Waals surface area contributed by atoms with E-state index < -0.39 is 0 Å². The molecular weight excluding hydrogens is 299 g/mol. The molecular formula is C22H31LiN2. The summed E-state index contributed by atoms with van der Waals surface area (Å²) in [5.74, 6) is 2.13. The summed E-state index contributed by atoms with van der Waals surface area (Å²) in [5.41, 5.74) is 5.14. The summed E-state index contributed by atoms with van der Waals surface area (Å²) in [6.07, 6.45) is 2.31. The van der Waals surface area contributed by atoms with Crippen LogP contribution in [-0.2, 0) is 0 Å². The van der Waals surface area contributed by atoms with Gasteiger partial charge in [0.05, 0.1) is 0 Å². The molecule has 0 heterocycles. The molecule has 2 rings (SSSR count). The zero-order valence-corrected chi connectivity index (χ0v) is 17.0. The molecule has 0 aliphatic heterocycles. The monoisotopic (exact) mass is 330 g/mol. The van der Waals surface area contributed by atoms with Gasteiger partial charge in [-0.05, 0) is 5.92 Å². The van der Waals surface area contributed by atoms with Crippen LogP contribution in [0.1, 0.15) is 37.8 Å². The Morgan fingerprint density at radius 2 is 1.12 bits per heavy atom. The van der Waals surface area contributed by atoms with Gasteiger partial charge in [-0.25, -0.2) is 0 Å². The van der Waals surface area contributed by atoms with Crippen LogP contribution in [0.2, 0.25) is 0 Å². The van der Waals surface area contributed by atoms with Crippen molar-refractivity contribution in [1.82, 2.24) is 0 Å². The molecule has 0 bridgehead atoms.